The van der Waals surface area contributed by atoms with E-state index < -0.39 is 26.6 Å². The second-order valence-corrected chi connectivity index (χ2v) is 19.5. The number of hydrogen-bond acceptors (Lipinski definition) is 6. The lowest BCUT2D eigenvalue weighted by Gasteiger charge is -2.29. The number of aliphatic hydroxyl groups is 1. The van der Waals surface area contributed by atoms with Crippen molar-refractivity contribution < 1.29 is 32.9 Å². The summed E-state index contributed by atoms with van der Waals surface area (Å²) < 4.78 is 23.2. The van der Waals surface area contributed by atoms with Crippen LogP contribution in [-0.2, 0) is 18.4 Å². The van der Waals surface area contributed by atoms with Gasteiger partial charge in [-0.2, -0.15) is 0 Å². The van der Waals surface area contributed by atoms with E-state index in [0.29, 0.717) is 17.4 Å². The van der Waals surface area contributed by atoms with E-state index in [1.165, 1.54) is 57.8 Å². The van der Waals surface area contributed by atoms with E-state index in [9.17, 15) is 19.4 Å². The number of quaternary nitrogens is 1. The van der Waals surface area contributed by atoms with Gasteiger partial charge in [0, 0.05) is 6.42 Å². The van der Waals surface area contributed by atoms with Gasteiger partial charge >= 0.3 is 0 Å². The molecule has 0 aliphatic rings. The van der Waals surface area contributed by atoms with E-state index in [1.54, 1.807) is 6.08 Å². The highest BCUT2D eigenvalue weighted by Gasteiger charge is 2.23. The van der Waals surface area contributed by atoms with Crippen LogP contribution in [0.2, 0.25) is 0 Å². The summed E-state index contributed by atoms with van der Waals surface area (Å²) in [5, 5.41) is 13.7. The molecular formula is C57H97N2O6P. The second kappa shape index (κ2) is 47.0. The summed E-state index contributed by atoms with van der Waals surface area (Å²) in [5.74, 6) is -0.224. The molecule has 0 heterocycles. The SMILES string of the molecule is CC/C=C\C/C=C\C/C=C\C/C=C\C/C=C\C/C=C\C/C=C\C/C=C\CCCCCCCCCCC(=O)NC(COP(=O)([O-])OCC[N+](C)(C)C)C(O)/C=C/CC/C=C/CCCCCCC. The molecular weight excluding hydrogens is 840 g/mol. The number of phosphoric acid groups is 1. The number of hydrogen-bond donors (Lipinski definition) is 2. The maximum atomic E-state index is 12.9. The number of aliphatic hydroxyl groups excluding tert-OH is 1. The minimum absolute atomic E-state index is 0.0148. The van der Waals surface area contributed by atoms with Gasteiger partial charge < -0.3 is 28.8 Å². The van der Waals surface area contributed by atoms with Crippen molar-refractivity contribution in [2.24, 2.45) is 0 Å². The van der Waals surface area contributed by atoms with Crippen molar-refractivity contribution >= 4 is 13.7 Å². The standard InChI is InChI=1S/C57H97N2O6P/c1-6-8-10-12-14-16-18-19-20-21-22-23-24-25-26-27-28-29-30-31-32-33-34-35-36-37-38-39-41-43-45-47-49-51-57(61)58-55(54-65-66(62,63)64-53-52-59(3,4)5)56(60)50-48-46-44-42-40-17-15-13-11-9-7-2/h8,10,14,16,19-20,22-23,25-26,28-29,31-32,34-35,40,42,48,50,55-56,60H,6-7,9,11-13,15,17-18,21,24,27,30,33,36-39,41,43-47,49,51-54H2,1-5H3,(H-,58,61,62,63)/b10-8-,16-14-,20-19-,23-22-,26-25-,29-28-,32-31-,35-34-,42-40+,50-48+. The highest BCUT2D eigenvalue weighted by molar-refractivity contribution is 7.45. The van der Waals surface area contributed by atoms with Crippen LogP contribution in [0.4, 0.5) is 0 Å². The summed E-state index contributed by atoms with van der Waals surface area (Å²) in [5.41, 5.74) is 0. The van der Waals surface area contributed by atoms with Crippen LogP contribution >= 0.6 is 7.82 Å². The van der Waals surface area contributed by atoms with E-state index in [1.807, 2.05) is 27.2 Å². The quantitative estimate of drug-likeness (QED) is 0.0273. The van der Waals surface area contributed by atoms with E-state index >= 15 is 0 Å². The second-order valence-electron chi connectivity index (χ2n) is 18.1. The van der Waals surface area contributed by atoms with E-state index in [4.69, 9.17) is 9.05 Å². The molecule has 0 bridgehead atoms. The van der Waals surface area contributed by atoms with Crippen LogP contribution in [0, 0.1) is 0 Å². The third kappa shape index (κ3) is 48.8. The first-order valence-corrected chi connectivity index (χ1v) is 27.4. The van der Waals surface area contributed by atoms with Crippen molar-refractivity contribution in [2.75, 3.05) is 40.9 Å². The molecule has 66 heavy (non-hydrogen) atoms. The predicted molar refractivity (Wildman–Crippen MR) is 283 cm³/mol. The van der Waals surface area contributed by atoms with Gasteiger partial charge in [0.15, 0.2) is 0 Å². The molecule has 0 aliphatic carbocycles. The number of nitrogens with one attached hydrogen (secondary N) is 1. The zero-order chi connectivity index (χ0) is 48.5. The van der Waals surface area contributed by atoms with Gasteiger partial charge in [-0.1, -0.05) is 200 Å². The molecule has 0 radical (unpaired) electrons. The Bertz CT molecular complexity index is 1480. The van der Waals surface area contributed by atoms with Gasteiger partial charge in [-0.25, -0.2) is 0 Å². The van der Waals surface area contributed by atoms with Gasteiger partial charge in [-0.05, 0) is 96.3 Å². The first kappa shape index (κ1) is 62.9. The molecule has 376 valence electrons. The molecule has 0 saturated carbocycles. The van der Waals surface area contributed by atoms with E-state index in [0.717, 1.165) is 103 Å². The Labute approximate surface area is 405 Å². The molecule has 3 unspecified atom stereocenters. The topological polar surface area (TPSA) is 108 Å². The number of carbonyl (C=O) groups is 1. The zero-order valence-electron chi connectivity index (χ0n) is 42.6. The number of rotatable bonds is 45. The molecule has 0 aromatic rings. The lowest BCUT2D eigenvalue weighted by Crippen LogP contribution is -2.45. The van der Waals surface area contributed by atoms with Gasteiger partial charge in [-0.3, -0.25) is 9.36 Å². The summed E-state index contributed by atoms with van der Waals surface area (Å²) in [4.78, 5) is 25.3. The molecule has 0 rings (SSSR count). The molecule has 0 aromatic carbocycles. The maximum absolute atomic E-state index is 12.9. The van der Waals surface area contributed by atoms with Crippen molar-refractivity contribution in [1.82, 2.24) is 5.32 Å². The van der Waals surface area contributed by atoms with Crippen LogP contribution in [0.1, 0.15) is 181 Å². The number of carbonyl (C=O) groups excluding carboxylic acids is 1. The minimum Gasteiger partial charge on any atom is -0.756 e. The number of nitrogens with zero attached hydrogens (tertiary/aromatic N) is 1. The Balaban J connectivity index is 4.20. The van der Waals surface area contributed by atoms with Gasteiger partial charge in [0.05, 0.1) is 39.9 Å². The van der Waals surface area contributed by atoms with Crippen molar-refractivity contribution in [2.45, 2.75) is 193 Å². The number of unbranched alkanes of at least 4 members (excludes halogenated alkanes) is 14. The molecule has 8 nitrogen and oxygen atoms in total. The Hall–Kier alpha value is -3.10. The number of phosphoric ester groups is 1. The van der Waals surface area contributed by atoms with Crippen LogP contribution in [0.15, 0.2) is 122 Å². The lowest BCUT2D eigenvalue weighted by atomic mass is 10.1. The molecule has 9 heteroatoms. The fourth-order valence-corrected chi connectivity index (χ4v) is 7.32. The van der Waals surface area contributed by atoms with Crippen LogP contribution in [0.25, 0.3) is 0 Å². The first-order valence-electron chi connectivity index (χ1n) is 25.9. The number of allylic oxidation sites excluding steroid dienone is 19. The molecule has 2 N–H and O–H groups in total. The average Bonchev–Trinajstić information content (AvgIpc) is 3.28. The summed E-state index contributed by atoms with van der Waals surface area (Å²) in [6.07, 6.45) is 69.8. The first-order chi connectivity index (χ1) is 32.0. The van der Waals surface area contributed by atoms with Gasteiger partial charge in [0.25, 0.3) is 7.82 Å². The fraction of sp³-hybridized carbons (Fsp3) is 0.632. The van der Waals surface area contributed by atoms with Gasteiger partial charge in [-0.15, -0.1) is 0 Å². The Morgan fingerprint density at radius 1 is 0.545 bits per heavy atom. The third-order valence-electron chi connectivity index (χ3n) is 10.7. The van der Waals surface area contributed by atoms with Crippen molar-refractivity contribution in [1.29, 1.82) is 0 Å². The summed E-state index contributed by atoms with van der Waals surface area (Å²) in [7, 11) is 1.22. The highest BCUT2D eigenvalue weighted by atomic mass is 31.2. The van der Waals surface area contributed by atoms with Crippen molar-refractivity contribution in [3.8, 4) is 0 Å². The number of likely N-dealkylation sites (N-methyl/N-ethyl adjacent to an activating group) is 1. The lowest BCUT2D eigenvalue weighted by molar-refractivity contribution is -0.870. The smallest absolute Gasteiger partial charge is 0.268 e. The molecule has 0 aliphatic heterocycles. The zero-order valence-corrected chi connectivity index (χ0v) is 43.5. The monoisotopic (exact) mass is 937 g/mol. The molecule has 0 aromatic heterocycles. The Morgan fingerprint density at radius 3 is 1.41 bits per heavy atom. The van der Waals surface area contributed by atoms with Crippen LogP contribution < -0.4 is 10.2 Å². The normalized spacial score (nSPS) is 15.1. The molecule has 1 amide bonds. The largest absolute Gasteiger partial charge is 0.756 e. The van der Waals surface area contributed by atoms with Gasteiger partial charge in [0.2, 0.25) is 5.91 Å². The summed E-state index contributed by atoms with van der Waals surface area (Å²) in [6, 6.07) is -0.915. The maximum Gasteiger partial charge on any atom is 0.268 e. The summed E-state index contributed by atoms with van der Waals surface area (Å²) >= 11 is 0. The highest BCUT2D eigenvalue weighted by Crippen LogP contribution is 2.38. The average molecular weight is 937 g/mol. The van der Waals surface area contributed by atoms with E-state index in [2.05, 4.69) is 129 Å². The Kier molecular flexibility index (Phi) is 44.8. The summed E-state index contributed by atoms with van der Waals surface area (Å²) in [6.45, 7) is 4.45. The number of amides is 1. The van der Waals surface area contributed by atoms with Crippen molar-refractivity contribution in [3.05, 3.63) is 122 Å². The molecule has 3 atom stereocenters. The molecule has 0 spiro atoms. The third-order valence-corrected chi connectivity index (χ3v) is 11.6. The van der Waals surface area contributed by atoms with Crippen LogP contribution in [0.3, 0.4) is 0 Å². The fourth-order valence-electron chi connectivity index (χ4n) is 6.59. The van der Waals surface area contributed by atoms with Crippen LogP contribution in [-0.4, -0.2) is 68.5 Å². The van der Waals surface area contributed by atoms with Gasteiger partial charge in [0.1, 0.15) is 13.2 Å². The molecule has 0 saturated heterocycles. The predicted octanol–water partition coefficient (Wildman–Crippen LogP) is 14.8. The Morgan fingerprint density at radius 2 is 0.939 bits per heavy atom. The van der Waals surface area contributed by atoms with Crippen molar-refractivity contribution in [3.63, 3.8) is 0 Å². The molecule has 0 fully saturated rings. The van der Waals surface area contributed by atoms with E-state index in [-0.39, 0.29) is 12.5 Å². The minimum atomic E-state index is -4.61. The van der Waals surface area contributed by atoms with Crippen LogP contribution in [0.5, 0.6) is 0 Å².